The highest BCUT2D eigenvalue weighted by molar-refractivity contribution is 5.68. The number of nitrogens with zero attached hydrogens (tertiary/aromatic N) is 3. The third-order valence-electron chi connectivity index (χ3n) is 3.81. The molecule has 0 unspecified atom stereocenters. The molecule has 0 aliphatic heterocycles. The lowest BCUT2D eigenvalue weighted by molar-refractivity contribution is 0.0258. The van der Waals surface area contributed by atoms with Gasteiger partial charge in [-0.15, -0.1) is 0 Å². The zero-order valence-electron chi connectivity index (χ0n) is 14.8. The highest BCUT2D eigenvalue weighted by atomic mass is 16.6. The van der Waals surface area contributed by atoms with E-state index in [1.807, 2.05) is 40.2 Å². The number of hydrogen-bond acceptors (Lipinski definition) is 4. The molecule has 6 nitrogen and oxygen atoms in total. The van der Waals surface area contributed by atoms with Gasteiger partial charge in [-0.3, -0.25) is 0 Å². The summed E-state index contributed by atoms with van der Waals surface area (Å²) in [4.78, 5) is 18.0. The molecule has 23 heavy (non-hydrogen) atoms. The van der Waals surface area contributed by atoms with E-state index >= 15 is 0 Å². The van der Waals surface area contributed by atoms with Crippen molar-refractivity contribution in [3.63, 3.8) is 0 Å². The number of rotatable bonds is 8. The molecule has 1 aromatic heterocycles. The first kappa shape index (κ1) is 17.8. The number of aromatic nitrogens is 2. The van der Waals surface area contributed by atoms with Gasteiger partial charge in [0, 0.05) is 31.9 Å². The third-order valence-corrected chi connectivity index (χ3v) is 3.81. The molecule has 6 heteroatoms. The molecule has 1 heterocycles. The molecule has 1 aromatic rings. The summed E-state index contributed by atoms with van der Waals surface area (Å²) < 4.78 is 7.68. The number of hydrogen-bond donors (Lipinski definition) is 1. The van der Waals surface area contributed by atoms with E-state index in [-0.39, 0.29) is 6.09 Å². The minimum absolute atomic E-state index is 0.230. The van der Waals surface area contributed by atoms with Crippen molar-refractivity contribution < 1.29 is 9.53 Å². The molecule has 0 saturated heterocycles. The van der Waals surface area contributed by atoms with Crippen LogP contribution in [0, 0.1) is 0 Å². The number of imidazole rings is 1. The zero-order chi connectivity index (χ0) is 16.9. The number of carbonyl (C=O) groups excluding carboxylic acids is 1. The summed E-state index contributed by atoms with van der Waals surface area (Å²) in [6.45, 7) is 10.7. The Bertz CT molecular complexity index is 503. The van der Waals surface area contributed by atoms with Crippen LogP contribution in [0.1, 0.15) is 58.7 Å². The largest absolute Gasteiger partial charge is 0.444 e. The molecule has 1 N–H and O–H groups in total. The van der Waals surface area contributed by atoms with Crippen LogP contribution >= 0.6 is 0 Å². The van der Waals surface area contributed by atoms with Crippen LogP contribution < -0.4 is 5.32 Å². The van der Waals surface area contributed by atoms with Crippen molar-refractivity contribution in [3.05, 3.63) is 18.2 Å². The Morgan fingerprint density at radius 2 is 2.22 bits per heavy atom. The van der Waals surface area contributed by atoms with Crippen LogP contribution in [-0.2, 0) is 11.3 Å². The fourth-order valence-electron chi connectivity index (χ4n) is 2.47. The monoisotopic (exact) mass is 322 g/mol. The van der Waals surface area contributed by atoms with Gasteiger partial charge in [-0.05, 0) is 53.5 Å². The van der Waals surface area contributed by atoms with Gasteiger partial charge in [-0.1, -0.05) is 0 Å². The standard InChI is InChI=1S/C17H30N4O2/c1-5-20(16(22)23-17(2,3)4)10-6-9-18-11-15-12-19-13-21(15)14-7-8-14/h12-14,18H,5-11H2,1-4H3. The van der Waals surface area contributed by atoms with Crippen molar-refractivity contribution in [3.8, 4) is 0 Å². The fourth-order valence-corrected chi connectivity index (χ4v) is 2.47. The Morgan fingerprint density at radius 3 is 2.83 bits per heavy atom. The molecule has 0 bridgehead atoms. The first-order valence-corrected chi connectivity index (χ1v) is 8.60. The van der Waals surface area contributed by atoms with Gasteiger partial charge in [-0.25, -0.2) is 9.78 Å². The van der Waals surface area contributed by atoms with Crippen LogP contribution in [-0.4, -0.2) is 45.8 Å². The quantitative estimate of drug-likeness (QED) is 0.748. The van der Waals surface area contributed by atoms with Crippen molar-refractivity contribution in [1.82, 2.24) is 19.8 Å². The second kappa shape index (κ2) is 7.81. The van der Waals surface area contributed by atoms with E-state index in [0.29, 0.717) is 19.1 Å². The molecule has 1 amide bonds. The lowest BCUT2D eigenvalue weighted by Crippen LogP contribution is -2.38. The lowest BCUT2D eigenvalue weighted by atomic mass is 10.2. The summed E-state index contributed by atoms with van der Waals surface area (Å²) in [5.41, 5.74) is 0.802. The van der Waals surface area contributed by atoms with Crippen molar-refractivity contribution >= 4 is 6.09 Å². The Kier molecular flexibility index (Phi) is 6.04. The number of ether oxygens (including phenoxy) is 1. The highest BCUT2D eigenvalue weighted by Crippen LogP contribution is 2.35. The third kappa shape index (κ3) is 5.86. The van der Waals surface area contributed by atoms with Gasteiger partial charge in [-0.2, -0.15) is 0 Å². The summed E-state index contributed by atoms with van der Waals surface area (Å²) in [5, 5.41) is 3.44. The van der Waals surface area contributed by atoms with Gasteiger partial charge >= 0.3 is 6.09 Å². The van der Waals surface area contributed by atoms with E-state index in [9.17, 15) is 4.79 Å². The van der Waals surface area contributed by atoms with Gasteiger partial charge in [0.1, 0.15) is 5.60 Å². The normalized spacial score (nSPS) is 14.8. The molecular formula is C17H30N4O2. The molecule has 1 saturated carbocycles. The second-order valence-electron chi connectivity index (χ2n) is 7.11. The van der Waals surface area contributed by atoms with Crippen LogP contribution in [0.4, 0.5) is 4.79 Å². The summed E-state index contributed by atoms with van der Waals surface area (Å²) in [7, 11) is 0. The Hall–Kier alpha value is -1.56. The Morgan fingerprint density at radius 1 is 1.48 bits per heavy atom. The predicted octanol–water partition coefficient (Wildman–Crippen LogP) is 2.95. The van der Waals surface area contributed by atoms with Gasteiger partial charge in [0.15, 0.2) is 0 Å². The first-order chi connectivity index (χ1) is 10.9. The van der Waals surface area contributed by atoms with Gasteiger partial charge in [0.2, 0.25) is 0 Å². The molecule has 0 spiro atoms. The number of carbonyl (C=O) groups is 1. The molecule has 0 radical (unpaired) electrons. The fraction of sp³-hybridized carbons (Fsp3) is 0.765. The molecule has 1 fully saturated rings. The average Bonchev–Trinajstić information content (AvgIpc) is 3.20. The van der Waals surface area contributed by atoms with E-state index in [2.05, 4.69) is 14.9 Å². The summed E-state index contributed by atoms with van der Waals surface area (Å²) in [5.74, 6) is 0. The van der Waals surface area contributed by atoms with E-state index in [0.717, 1.165) is 19.5 Å². The van der Waals surface area contributed by atoms with Crippen molar-refractivity contribution in [1.29, 1.82) is 0 Å². The molecule has 0 atom stereocenters. The van der Waals surface area contributed by atoms with Crippen LogP contribution in [0.15, 0.2) is 12.5 Å². The van der Waals surface area contributed by atoms with Crippen LogP contribution in [0.5, 0.6) is 0 Å². The SMILES string of the molecule is CCN(CCCNCc1cncn1C1CC1)C(=O)OC(C)(C)C. The van der Waals surface area contributed by atoms with E-state index < -0.39 is 5.60 Å². The minimum atomic E-state index is -0.441. The van der Waals surface area contributed by atoms with Crippen molar-refractivity contribution in [2.24, 2.45) is 0 Å². The van der Waals surface area contributed by atoms with E-state index in [1.165, 1.54) is 18.5 Å². The summed E-state index contributed by atoms with van der Waals surface area (Å²) in [6, 6.07) is 0.664. The van der Waals surface area contributed by atoms with Crippen molar-refractivity contribution in [2.45, 2.75) is 65.1 Å². The van der Waals surface area contributed by atoms with Crippen LogP contribution in [0.2, 0.25) is 0 Å². The Labute approximate surface area is 139 Å². The molecule has 1 aliphatic rings. The van der Waals surface area contributed by atoms with Gasteiger partial charge in [0.05, 0.1) is 12.0 Å². The van der Waals surface area contributed by atoms with E-state index in [1.54, 1.807) is 4.90 Å². The average molecular weight is 322 g/mol. The Balaban J connectivity index is 1.65. The number of amides is 1. The van der Waals surface area contributed by atoms with Crippen LogP contribution in [0.3, 0.4) is 0 Å². The maximum Gasteiger partial charge on any atom is 0.410 e. The van der Waals surface area contributed by atoms with Gasteiger partial charge < -0.3 is 19.5 Å². The topological polar surface area (TPSA) is 59.4 Å². The smallest absolute Gasteiger partial charge is 0.410 e. The maximum absolute atomic E-state index is 12.0. The predicted molar refractivity (Wildman–Crippen MR) is 90.3 cm³/mol. The number of nitrogens with one attached hydrogen (secondary N) is 1. The maximum atomic E-state index is 12.0. The molecule has 130 valence electrons. The summed E-state index contributed by atoms with van der Waals surface area (Å²) in [6.07, 6.45) is 7.08. The molecular weight excluding hydrogens is 292 g/mol. The molecule has 1 aliphatic carbocycles. The molecule has 2 rings (SSSR count). The van der Waals surface area contributed by atoms with Crippen molar-refractivity contribution in [2.75, 3.05) is 19.6 Å². The van der Waals surface area contributed by atoms with E-state index in [4.69, 9.17) is 4.74 Å². The first-order valence-electron chi connectivity index (χ1n) is 8.60. The van der Waals surface area contributed by atoms with Crippen LogP contribution in [0.25, 0.3) is 0 Å². The lowest BCUT2D eigenvalue weighted by Gasteiger charge is -2.26. The highest BCUT2D eigenvalue weighted by Gasteiger charge is 2.25. The van der Waals surface area contributed by atoms with Gasteiger partial charge in [0.25, 0.3) is 0 Å². The zero-order valence-corrected chi connectivity index (χ0v) is 14.8. The minimum Gasteiger partial charge on any atom is -0.444 e. The molecule has 0 aromatic carbocycles. The summed E-state index contributed by atoms with van der Waals surface area (Å²) >= 11 is 0. The second-order valence-corrected chi connectivity index (χ2v) is 7.11.